The molecule has 0 saturated carbocycles. The number of amides is 2. The molecule has 1 fully saturated rings. The third kappa shape index (κ3) is 2.37. The first-order valence-electron chi connectivity index (χ1n) is 6.24. The highest BCUT2D eigenvalue weighted by atomic mass is 16.2. The van der Waals surface area contributed by atoms with E-state index in [0.29, 0.717) is 12.8 Å². The van der Waals surface area contributed by atoms with Crippen molar-refractivity contribution in [3.63, 3.8) is 0 Å². The molecular weight excluding hydrogens is 228 g/mol. The highest BCUT2D eigenvalue weighted by molar-refractivity contribution is 5.96. The fourth-order valence-electron chi connectivity index (χ4n) is 2.25. The lowest BCUT2D eigenvalue weighted by Crippen LogP contribution is -2.62. The molecule has 0 bridgehead atoms. The van der Waals surface area contributed by atoms with Crippen LogP contribution in [-0.2, 0) is 16.0 Å². The number of hydrogen-bond donors (Lipinski definition) is 1. The Kier molecular flexibility index (Phi) is 3.65. The molecule has 1 aromatic carbocycles. The Labute approximate surface area is 107 Å². The molecule has 4 nitrogen and oxygen atoms in total. The molecule has 0 aliphatic carbocycles. The van der Waals surface area contributed by atoms with Gasteiger partial charge >= 0.3 is 0 Å². The summed E-state index contributed by atoms with van der Waals surface area (Å²) in [6, 6.07) is 8.98. The molecule has 1 N–H and O–H groups in total. The second kappa shape index (κ2) is 5.21. The predicted octanol–water partition coefficient (Wildman–Crippen LogP) is 0.964. The lowest BCUT2D eigenvalue weighted by molar-refractivity contribution is -0.147. The van der Waals surface area contributed by atoms with Gasteiger partial charge in [-0.2, -0.15) is 0 Å². The van der Waals surface area contributed by atoms with Crippen LogP contribution in [0.3, 0.4) is 0 Å². The number of nitrogens with zero attached hydrogens (tertiary/aromatic N) is 1. The molecule has 0 radical (unpaired) electrons. The van der Waals surface area contributed by atoms with E-state index in [1.54, 1.807) is 11.9 Å². The summed E-state index contributed by atoms with van der Waals surface area (Å²) in [6.45, 7) is 1.90. The molecule has 0 spiro atoms. The molecule has 18 heavy (non-hydrogen) atoms. The SMILES string of the molecule is CC[C@@H]1NC(=O)[C@H](Cc2ccccc2)N(C)C1=O. The predicted molar refractivity (Wildman–Crippen MR) is 68.9 cm³/mol. The lowest BCUT2D eigenvalue weighted by Gasteiger charge is -2.36. The van der Waals surface area contributed by atoms with E-state index in [1.807, 2.05) is 37.3 Å². The van der Waals surface area contributed by atoms with Crippen molar-refractivity contribution >= 4 is 11.8 Å². The summed E-state index contributed by atoms with van der Waals surface area (Å²) in [7, 11) is 1.71. The highest BCUT2D eigenvalue weighted by Crippen LogP contribution is 2.14. The zero-order chi connectivity index (χ0) is 13.1. The quantitative estimate of drug-likeness (QED) is 0.863. The molecule has 1 heterocycles. The maximum absolute atomic E-state index is 12.0. The molecular formula is C14H18N2O2. The summed E-state index contributed by atoms with van der Waals surface area (Å²) >= 11 is 0. The third-order valence-electron chi connectivity index (χ3n) is 3.41. The first-order chi connectivity index (χ1) is 8.63. The number of carbonyl (C=O) groups is 2. The van der Waals surface area contributed by atoms with Crippen molar-refractivity contribution in [3.05, 3.63) is 35.9 Å². The zero-order valence-corrected chi connectivity index (χ0v) is 10.7. The lowest BCUT2D eigenvalue weighted by atomic mass is 9.99. The third-order valence-corrected chi connectivity index (χ3v) is 3.41. The van der Waals surface area contributed by atoms with Crippen molar-refractivity contribution in [1.29, 1.82) is 0 Å². The maximum Gasteiger partial charge on any atom is 0.245 e. The summed E-state index contributed by atoms with van der Waals surface area (Å²) in [5.41, 5.74) is 1.06. The Morgan fingerprint density at radius 3 is 2.50 bits per heavy atom. The number of hydrogen-bond acceptors (Lipinski definition) is 2. The molecule has 96 valence electrons. The Bertz CT molecular complexity index is 444. The van der Waals surface area contributed by atoms with Crippen molar-refractivity contribution in [2.75, 3.05) is 7.05 Å². The van der Waals surface area contributed by atoms with Gasteiger partial charge in [0.15, 0.2) is 0 Å². The van der Waals surface area contributed by atoms with E-state index in [4.69, 9.17) is 0 Å². The monoisotopic (exact) mass is 246 g/mol. The summed E-state index contributed by atoms with van der Waals surface area (Å²) in [6.07, 6.45) is 1.19. The largest absolute Gasteiger partial charge is 0.343 e. The minimum atomic E-state index is -0.400. The number of rotatable bonds is 3. The van der Waals surface area contributed by atoms with Crippen molar-refractivity contribution < 1.29 is 9.59 Å². The van der Waals surface area contributed by atoms with Gasteiger partial charge in [0, 0.05) is 13.5 Å². The molecule has 1 aliphatic heterocycles. The van der Waals surface area contributed by atoms with E-state index < -0.39 is 6.04 Å². The van der Waals surface area contributed by atoms with Gasteiger partial charge in [-0.1, -0.05) is 37.3 Å². The van der Waals surface area contributed by atoms with E-state index in [1.165, 1.54) is 0 Å². The second-order valence-electron chi connectivity index (χ2n) is 4.62. The van der Waals surface area contributed by atoms with Crippen LogP contribution in [-0.4, -0.2) is 35.8 Å². The Hall–Kier alpha value is -1.84. The van der Waals surface area contributed by atoms with Crippen LogP contribution in [0, 0.1) is 0 Å². The van der Waals surface area contributed by atoms with Gasteiger partial charge in [0.25, 0.3) is 0 Å². The Morgan fingerprint density at radius 1 is 1.22 bits per heavy atom. The van der Waals surface area contributed by atoms with Gasteiger partial charge in [0.05, 0.1) is 0 Å². The number of benzene rings is 1. The molecule has 2 atom stereocenters. The van der Waals surface area contributed by atoms with Crippen LogP contribution in [0.1, 0.15) is 18.9 Å². The average Bonchev–Trinajstić information content (AvgIpc) is 2.40. The van der Waals surface area contributed by atoms with Crippen LogP contribution >= 0.6 is 0 Å². The molecule has 4 heteroatoms. The Balaban J connectivity index is 2.13. The fourth-order valence-corrected chi connectivity index (χ4v) is 2.25. The van der Waals surface area contributed by atoms with Gasteiger partial charge in [0.1, 0.15) is 12.1 Å². The summed E-state index contributed by atoms with van der Waals surface area (Å²) < 4.78 is 0. The normalized spacial score (nSPS) is 24.0. The van der Waals surface area contributed by atoms with E-state index in [0.717, 1.165) is 5.56 Å². The van der Waals surface area contributed by atoms with Gasteiger partial charge in [0.2, 0.25) is 11.8 Å². The number of likely N-dealkylation sites (N-methyl/N-ethyl adjacent to an activating group) is 1. The molecule has 2 amide bonds. The van der Waals surface area contributed by atoms with Crippen molar-refractivity contribution in [3.8, 4) is 0 Å². The number of nitrogens with one attached hydrogen (secondary N) is 1. The topological polar surface area (TPSA) is 49.4 Å². The minimum absolute atomic E-state index is 0.00182. The molecule has 1 saturated heterocycles. The maximum atomic E-state index is 12.0. The highest BCUT2D eigenvalue weighted by Gasteiger charge is 2.37. The Morgan fingerprint density at radius 2 is 1.89 bits per heavy atom. The summed E-state index contributed by atoms with van der Waals surface area (Å²) in [5.74, 6) is -0.0640. The van der Waals surface area contributed by atoms with Gasteiger partial charge in [-0.05, 0) is 12.0 Å². The zero-order valence-electron chi connectivity index (χ0n) is 10.7. The molecule has 1 aromatic rings. The molecule has 0 unspecified atom stereocenters. The van der Waals surface area contributed by atoms with Crippen molar-refractivity contribution in [2.24, 2.45) is 0 Å². The van der Waals surface area contributed by atoms with Gasteiger partial charge in [-0.3, -0.25) is 9.59 Å². The first kappa shape index (κ1) is 12.6. The van der Waals surface area contributed by atoms with E-state index >= 15 is 0 Å². The first-order valence-corrected chi connectivity index (χ1v) is 6.24. The average molecular weight is 246 g/mol. The van der Waals surface area contributed by atoms with Gasteiger partial charge < -0.3 is 10.2 Å². The smallest absolute Gasteiger partial charge is 0.245 e. The van der Waals surface area contributed by atoms with Crippen LogP contribution in [0.4, 0.5) is 0 Å². The van der Waals surface area contributed by atoms with Crippen LogP contribution in [0.15, 0.2) is 30.3 Å². The standard InChI is InChI=1S/C14H18N2O2/c1-3-11-14(18)16(2)12(13(17)15-11)9-10-7-5-4-6-8-10/h4-8,11-12H,3,9H2,1-2H3,(H,15,17)/t11-,12-/m0/s1. The van der Waals surface area contributed by atoms with Crippen molar-refractivity contribution in [2.45, 2.75) is 31.8 Å². The van der Waals surface area contributed by atoms with E-state index in [2.05, 4.69) is 5.32 Å². The van der Waals surface area contributed by atoms with Crippen LogP contribution in [0.25, 0.3) is 0 Å². The number of carbonyl (C=O) groups excluding carboxylic acids is 2. The van der Waals surface area contributed by atoms with Crippen LogP contribution in [0.5, 0.6) is 0 Å². The van der Waals surface area contributed by atoms with Gasteiger partial charge in [-0.15, -0.1) is 0 Å². The summed E-state index contributed by atoms with van der Waals surface area (Å²) in [5, 5.41) is 2.79. The van der Waals surface area contributed by atoms with Gasteiger partial charge in [-0.25, -0.2) is 0 Å². The number of piperazine rings is 1. The fraction of sp³-hybridized carbons (Fsp3) is 0.429. The minimum Gasteiger partial charge on any atom is -0.343 e. The second-order valence-corrected chi connectivity index (χ2v) is 4.62. The van der Waals surface area contributed by atoms with E-state index in [-0.39, 0.29) is 17.9 Å². The molecule has 2 rings (SSSR count). The van der Waals surface area contributed by atoms with Crippen LogP contribution < -0.4 is 5.32 Å². The van der Waals surface area contributed by atoms with Crippen molar-refractivity contribution in [1.82, 2.24) is 10.2 Å². The van der Waals surface area contributed by atoms with E-state index in [9.17, 15) is 9.59 Å². The molecule has 0 aromatic heterocycles. The summed E-state index contributed by atoms with van der Waals surface area (Å²) in [4.78, 5) is 25.6. The molecule has 1 aliphatic rings. The van der Waals surface area contributed by atoms with Crippen LogP contribution in [0.2, 0.25) is 0 Å².